The van der Waals surface area contributed by atoms with Crippen molar-refractivity contribution in [1.29, 1.82) is 0 Å². The number of hydrogen-bond acceptors (Lipinski definition) is 11. The van der Waals surface area contributed by atoms with Gasteiger partial charge in [0.1, 0.15) is 39.9 Å². The van der Waals surface area contributed by atoms with Gasteiger partial charge in [-0.3, -0.25) is 19.1 Å². The van der Waals surface area contributed by atoms with Crippen molar-refractivity contribution in [2.45, 2.75) is 101 Å². The summed E-state index contributed by atoms with van der Waals surface area (Å²) in [7, 11) is -2.24. The van der Waals surface area contributed by atoms with E-state index >= 15 is 0 Å². The quantitative estimate of drug-likeness (QED) is 0.232. The number of ether oxygens (including phenoxy) is 2. The second-order valence-corrected chi connectivity index (χ2v) is 17.9. The number of carbonyl (C=O) groups is 3. The Balaban J connectivity index is 1.23. The topological polar surface area (TPSA) is 169 Å². The number of amides is 3. The number of piperazine rings is 1. The molecule has 0 spiro atoms. The number of methoxy groups -OCH3 is 1. The molecule has 3 aromatic rings. The molecule has 52 heavy (non-hydrogen) atoms. The van der Waals surface area contributed by atoms with Crippen molar-refractivity contribution >= 4 is 50.0 Å². The molecule has 1 aromatic carbocycles. The van der Waals surface area contributed by atoms with E-state index in [1.54, 1.807) is 18.1 Å². The maximum absolute atomic E-state index is 14.3. The first-order valence-electron chi connectivity index (χ1n) is 17.9. The Morgan fingerprint density at radius 3 is 2.54 bits per heavy atom. The van der Waals surface area contributed by atoms with Crippen molar-refractivity contribution in [3.63, 3.8) is 0 Å². The van der Waals surface area contributed by atoms with Crippen molar-refractivity contribution in [2.75, 3.05) is 13.7 Å². The van der Waals surface area contributed by atoms with Gasteiger partial charge in [-0.15, -0.1) is 17.9 Å². The van der Waals surface area contributed by atoms with Crippen LogP contribution in [-0.2, 0) is 24.4 Å². The van der Waals surface area contributed by atoms with E-state index in [1.165, 1.54) is 11.3 Å². The molecule has 4 aliphatic rings. The van der Waals surface area contributed by atoms with E-state index in [1.807, 2.05) is 44.4 Å². The van der Waals surface area contributed by atoms with E-state index in [0.29, 0.717) is 42.1 Å². The zero-order valence-electron chi connectivity index (χ0n) is 30.3. The lowest BCUT2D eigenvalue weighted by atomic mass is 9.98. The molecule has 2 aromatic heterocycles. The zero-order chi connectivity index (χ0) is 37.3. The van der Waals surface area contributed by atoms with Gasteiger partial charge in [-0.1, -0.05) is 33.8 Å². The fraction of sp³-hybridized carbons (Fsp3) is 0.541. The number of carbonyl (C=O) groups excluding carboxylic acids is 3. The Morgan fingerprint density at radius 2 is 1.92 bits per heavy atom. The van der Waals surface area contributed by atoms with E-state index in [9.17, 15) is 22.8 Å². The highest BCUT2D eigenvalue weighted by Gasteiger charge is 2.62. The van der Waals surface area contributed by atoms with Crippen LogP contribution in [-0.4, -0.2) is 89.7 Å². The fourth-order valence-electron chi connectivity index (χ4n) is 7.48. The van der Waals surface area contributed by atoms with E-state index < -0.39 is 62.8 Å². The minimum absolute atomic E-state index is 0.0471. The SMILES string of the molecule is C=C[C@@H]1C[C@]1(NC(=O)[C@@H]1C[C@@H](Oc2cc(-c3nc(C(C)C)cs3)nc3c(C)c(OC)ccc23)[C@H]2CN[C@H](C(C)C)C(=O)N21)C(=O)NS(=O)(=O)C1CC1. The van der Waals surface area contributed by atoms with Crippen molar-refractivity contribution in [2.24, 2.45) is 11.8 Å². The Labute approximate surface area is 308 Å². The maximum atomic E-state index is 14.3. The number of nitrogens with zero attached hydrogens (tertiary/aromatic N) is 3. The third-order valence-electron chi connectivity index (χ3n) is 10.8. The van der Waals surface area contributed by atoms with Crippen molar-refractivity contribution in [1.82, 2.24) is 30.2 Å². The lowest BCUT2D eigenvalue weighted by Gasteiger charge is -2.40. The fourth-order valence-corrected chi connectivity index (χ4v) is 9.79. The summed E-state index contributed by atoms with van der Waals surface area (Å²) in [6.07, 6.45) is 2.27. The Bertz CT molecular complexity index is 2060. The molecule has 15 heteroatoms. The van der Waals surface area contributed by atoms with Gasteiger partial charge in [0.2, 0.25) is 21.8 Å². The van der Waals surface area contributed by atoms with Gasteiger partial charge in [-0.2, -0.15) is 0 Å². The van der Waals surface area contributed by atoms with Gasteiger partial charge < -0.3 is 25.0 Å². The molecule has 4 heterocycles. The molecule has 3 N–H and O–H groups in total. The summed E-state index contributed by atoms with van der Waals surface area (Å²) in [4.78, 5) is 53.4. The predicted octanol–water partition coefficient (Wildman–Crippen LogP) is 3.81. The first kappa shape index (κ1) is 36.3. The highest BCUT2D eigenvalue weighted by atomic mass is 32.2. The molecule has 13 nitrogen and oxygen atoms in total. The Hall–Kier alpha value is -4.08. The van der Waals surface area contributed by atoms with Gasteiger partial charge in [0.05, 0.1) is 35.7 Å². The number of aryl methyl sites for hydroxylation is 1. The molecule has 278 valence electrons. The van der Waals surface area contributed by atoms with Gasteiger partial charge in [0.15, 0.2) is 0 Å². The third kappa shape index (κ3) is 6.34. The second-order valence-electron chi connectivity index (χ2n) is 15.1. The number of hydrogen-bond donors (Lipinski definition) is 3. The van der Waals surface area contributed by atoms with Crippen molar-refractivity contribution < 1.29 is 32.3 Å². The highest BCUT2D eigenvalue weighted by molar-refractivity contribution is 7.91. The van der Waals surface area contributed by atoms with Crippen LogP contribution in [0, 0.1) is 18.8 Å². The first-order valence-corrected chi connectivity index (χ1v) is 20.3. The van der Waals surface area contributed by atoms with E-state index in [0.717, 1.165) is 21.7 Å². The summed E-state index contributed by atoms with van der Waals surface area (Å²) in [6.45, 7) is 14.2. The number of nitrogens with one attached hydrogen (secondary N) is 3. The molecule has 2 saturated carbocycles. The molecule has 2 aliphatic carbocycles. The van der Waals surface area contributed by atoms with Crippen molar-refractivity contribution in [3.05, 3.63) is 47.5 Å². The molecule has 2 saturated heterocycles. The van der Waals surface area contributed by atoms with Gasteiger partial charge in [0, 0.05) is 41.3 Å². The number of sulfonamides is 1. The lowest BCUT2D eigenvalue weighted by molar-refractivity contribution is -0.146. The van der Waals surface area contributed by atoms with E-state index in [4.69, 9.17) is 19.4 Å². The van der Waals surface area contributed by atoms with E-state index in [2.05, 4.69) is 35.8 Å². The highest BCUT2D eigenvalue weighted by Crippen LogP contribution is 2.46. The summed E-state index contributed by atoms with van der Waals surface area (Å²) in [5.74, 6) is -0.601. The summed E-state index contributed by atoms with van der Waals surface area (Å²) in [5, 5.41) is 9.17. The van der Waals surface area contributed by atoms with Gasteiger partial charge in [0.25, 0.3) is 5.91 Å². The van der Waals surface area contributed by atoms with Crippen LogP contribution in [0.3, 0.4) is 0 Å². The largest absolute Gasteiger partial charge is 0.496 e. The summed E-state index contributed by atoms with van der Waals surface area (Å²) >= 11 is 1.50. The molecule has 2 aliphatic heterocycles. The van der Waals surface area contributed by atoms with Crippen LogP contribution in [0.2, 0.25) is 0 Å². The number of fused-ring (bicyclic) bond motifs is 2. The molecule has 0 unspecified atom stereocenters. The number of pyridine rings is 1. The second kappa shape index (κ2) is 13.4. The van der Waals surface area contributed by atoms with Crippen LogP contribution >= 0.6 is 11.3 Å². The maximum Gasteiger partial charge on any atom is 0.259 e. The minimum Gasteiger partial charge on any atom is -0.496 e. The Kier molecular flexibility index (Phi) is 9.35. The smallest absolute Gasteiger partial charge is 0.259 e. The average molecular weight is 751 g/mol. The minimum atomic E-state index is -3.85. The monoisotopic (exact) mass is 750 g/mol. The Morgan fingerprint density at radius 1 is 1.17 bits per heavy atom. The van der Waals surface area contributed by atoms with E-state index in [-0.39, 0.29) is 30.6 Å². The third-order valence-corrected chi connectivity index (χ3v) is 13.5. The zero-order valence-corrected chi connectivity index (χ0v) is 31.9. The predicted molar refractivity (Wildman–Crippen MR) is 198 cm³/mol. The van der Waals surface area contributed by atoms with Crippen molar-refractivity contribution in [3.8, 4) is 22.2 Å². The summed E-state index contributed by atoms with van der Waals surface area (Å²) in [6, 6.07) is 3.63. The number of benzene rings is 1. The van der Waals surface area contributed by atoms with Gasteiger partial charge in [-0.05, 0) is 50.2 Å². The van der Waals surface area contributed by atoms with Crippen LogP contribution in [0.25, 0.3) is 21.6 Å². The summed E-state index contributed by atoms with van der Waals surface area (Å²) in [5.41, 5.74) is 1.65. The molecule has 0 radical (unpaired) electrons. The van der Waals surface area contributed by atoms with Crippen LogP contribution in [0.1, 0.15) is 70.6 Å². The van der Waals surface area contributed by atoms with Crippen LogP contribution in [0.15, 0.2) is 36.2 Å². The van der Waals surface area contributed by atoms with Gasteiger partial charge in [-0.25, -0.2) is 18.4 Å². The molecule has 4 fully saturated rings. The van der Waals surface area contributed by atoms with Crippen LogP contribution in [0.4, 0.5) is 0 Å². The number of thiazole rings is 1. The molecular formula is C37H46N6O7S2. The summed E-state index contributed by atoms with van der Waals surface area (Å²) < 4.78 is 40.1. The van der Waals surface area contributed by atoms with Crippen LogP contribution < -0.4 is 24.8 Å². The molecular weight excluding hydrogens is 705 g/mol. The standard InChI is InChI=1S/C37H46N6O7S2/c1-8-21-15-37(21,36(46)42-52(47,48)22-9-10-22)41-33(44)26-14-30(27-16-38-31(19(4)5)35(45)43(26)27)50-29-13-24(34-40-25(17-51-34)18(2)3)39-32-20(6)28(49-7)12-11-23(29)32/h8,11-13,17-19,21-22,26-27,30-31,38H,1,9-10,14-16H2,2-7H3,(H,41,44)(H,42,46)/t21-,26+,27-,30-,31-,37-/m1/s1. The normalized spacial score (nSPS) is 27.1. The number of rotatable bonds is 12. The lowest BCUT2D eigenvalue weighted by Crippen LogP contribution is -2.65. The average Bonchev–Trinajstić information content (AvgIpc) is 3.99. The molecule has 7 rings (SSSR count). The number of aromatic nitrogens is 2. The first-order chi connectivity index (χ1) is 24.7. The van der Waals surface area contributed by atoms with Crippen LogP contribution in [0.5, 0.6) is 11.5 Å². The molecule has 0 bridgehead atoms. The molecule has 3 amide bonds. The van der Waals surface area contributed by atoms with Gasteiger partial charge >= 0.3 is 0 Å². The molecule has 6 atom stereocenters.